The quantitative estimate of drug-likeness (QED) is 0.226. The van der Waals surface area contributed by atoms with Crippen molar-refractivity contribution in [1.29, 1.82) is 0 Å². The fourth-order valence-corrected chi connectivity index (χ4v) is 4.37. The first-order valence-electron chi connectivity index (χ1n) is 12.0. The lowest BCUT2D eigenvalue weighted by Gasteiger charge is -2.06. The van der Waals surface area contributed by atoms with E-state index in [0.717, 1.165) is 44.7 Å². The van der Waals surface area contributed by atoms with E-state index in [-0.39, 0.29) is 0 Å². The smallest absolute Gasteiger partial charge is 0.232 e. The van der Waals surface area contributed by atoms with Gasteiger partial charge < -0.3 is 9.15 Å². The molecular formula is C32H23N3O2. The van der Waals surface area contributed by atoms with Gasteiger partial charge in [-0.25, -0.2) is 15.0 Å². The summed E-state index contributed by atoms with van der Waals surface area (Å²) in [7, 11) is 1.65. The molecule has 0 fully saturated rings. The Balaban J connectivity index is 1.48. The van der Waals surface area contributed by atoms with E-state index < -0.39 is 0 Å². The molecule has 0 radical (unpaired) electrons. The maximum Gasteiger partial charge on any atom is 0.232 e. The minimum atomic E-state index is 0.498. The molecule has 37 heavy (non-hydrogen) atoms. The van der Waals surface area contributed by atoms with Gasteiger partial charge in [0.25, 0.3) is 0 Å². The summed E-state index contributed by atoms with van der Waals surface area (Å²) < 4.78 is 11.6. The Morgan fingerprint density at radius 2 is 1.30 bits per heavy atom. The Kier molecular flexibility index (Phi) is 6.01. The van der Waals surface area contributed by atoms with Crippen LogP contribution in [0.15, 0.2) is 125 Å². The first-order valence-corrected chi connectivity index (χ1v) is 12.0. The Morgan fingerprint density at radius 1 is 0.676 bits per heavy atom. The molecule has 0 atom stereocenters. The minimum Gasteiger partial charge on any atom is -0.497 e. The summed E-state index contributed by atoms with van der Waals surface area (Å²) in [6.07, 6.45) is 3.28. The molecule has 2 heterocycles. The van der Waals surface area contributed by atoms with Gasteiger partial charge in [0.1, 0.15) is 17.8 Å². The molecule has 2 aromatic heterocycles. The zero-order valence-corrected chi connectivity index (χ0v) is 20.2. The van der Waals surface area contributed by atoms with Crippen molar-refractivity contribution in [2.75, 3.05) is 7.11 Å². The lowest BCUT2D eigenvalue weighted by Crippen LogP contribution is -1.86. The highest BCUT2D eigenvalue weighted by Gasteiger charge is 2.22. The van der Waals surface area contributed by atoms with Crippen LogP contribution in [0.5, 0.6) is 5.75 Å². The van der Waals surface area contributed by atoms with Crippen LogP contribution in [-0.4, -0.2) is 23.3 Å². The summed E-state index contributed by atoms with van der Waals surface area (Å²) in [6, 6.07) is 36.6. The molecule has 0 bridgehead atoms. The van der Waals surface area contributed by atoms with Crippen LogP contribution in [0.2, 0.25) is 0 Å². The molecule has 0 saturated heterocycles. The summed E-state index contributed by atoms with van der Waals surface area (Å²) in [5.41, 5.74) is 6.65. The van der Waals surface area contributed by atoms with Crippen molar-refractivity contribution in [3.63, 3.8) is 0 Å². The third-order valence-electron chi connectivity index (χ3n) is 6.24. The molecule has 5 heteroatoms. The number of fused-ring (bicyclic) bond motifs is 1. The largest absolute Gasteiger partial charge is 0.497 e. The fourth-order valence-electron chi connectivity index (χ4n) is 4.37. The van der Waals surface area contributed by atoms with Gasteiger partial charge in [-0.05, 0) is 46.5 Å². The molecule has 0 amide bonds. The molecule has 6 rings (SSSR count). The molecule has 0 spiro atoms. The number of rotatable bonds is 6. The van der Waals surface area contributed by atoms with E-state index in [0.29, 0.717) is 11.5 Å². The Morgan fingerprint density at radius 3 is 1.97 bits per heavy atom. The van der Waals surface area contributed by atoms with Gasteiger partial charge >= 0.3 is 0 Å². The standard InChI is InChI=1S/C32H23N3O2/c1-36-27-18-12-22(13-19-27)20-33-31-29-28(25-10-6-3-7-11-25)30(37-32(29)35-21-34-31)26-16-14-24(15-17-26)23-8-4-2-5-9-23/h2-21H,1H3. The van der Waals surface area contributed by atoms with Gasteiger partial charge in [-0.3, -0.25) is 0 Å². The number of benzene rings is 4. The first kappa shape index (κ1) is 22.4. The SMILES string of the molecule is COc1ccc(C=Nc2ncnc3oc(-c4ccc(-c5ccccc5)cc4)c(-c4ccccc4)c23)cc1. The number of methoxy groups -OCH3 is 1. The molecule has 0 unspecified atom stereocenters. The van der Waals surface area contributed by atoms with Crippen LogP contribution in [0.25, 0.3) is 44.7 Å². The number of ether oxygens (including phenoxy) is 1. The highest BCUT2D eigenvalue weighted by Crippen LogP contribution is 2.43. The van der Waals surface area contributed by atoms with Gasteiger partial charge in [0.2, 0.25) is 5.71 Å². The summed E-state index contributed by atoms with van der Waals surface area (Å²) >= 11 is 0. The summed E-state index contributed by atoms with van der Waals surface area (Å²) in [6.45, 7) is 0. The lowest BCUT2D eigenvalue weighted by molar-refractivity contribution is 0.415. The molecule has 178 valence electrons. The summed E-state index contributed by atoms with van der Waals surface area (Å²) in [4.78, 5) is 13.7. The third-order valence-corrected chi connectivity index (χ3v) is 6.24. The van der Waals surface area contributed by atoms with Crippen molar-refractivity contribution < 1.29 is 9.15 Å². The van der Waals surface area contributed by atoms with E-state index in [2.05, 4.69) is 58.5 Å². The molecule has 0 saturated carbocycles. The highest BCUT2D eigenvalue weighted by molar-refractivity contribution is 6.06. The van der Waals surface area contributed by atoms with E-state index in [1.165, 1.54) is 11.9 Å². The molecule has 4 aromatic carbocycles. The van der Waals surface area contributed by atoms with Crippen LogP contribution < -0.4 is 4.74 Å². The van der Waals surface area contributed by atoms with Crippen LogP contribution in [0.3, 0.4) is 0 Å². The second-order valence-electron chi connectivity index (χ2n) is 8.52. The average Bonchev–Trinajstić information content (AvgIpc) is 3.38. The van der Waals surface area contributed by atoms with Crippen molar-refractivity contribution in [3.8, 4) is 39.3 Å². The van der Waals surface area contributed by atoms with E-state index in [4.69, 9.17) is 14.1 Å². The molecular weight excluding hydrogens is 458 g/mol. The topological polar surface area (TPSA) is 60.5 Å². The minimum absolute atomic E-state index is 0.498. The van der Waals surface area contributed by atoms with Gasteiger partial charge in [-0.15, -0.1) is 0 Å². The van der Waals surface area contributed by atoms with Crippen LogP contribution in [0.4, 0.5) is 5.82 Å². The number of hydrogen-bond acceptors (Lipinski definition) is 5. The second-order valence-corrected chi connectivity index (χ2v) is 8.52. The van der Waals surface area contributed by atoms with Gasteiger partial charge in [0.15, 0.2) is 5.82 Å². The normalized spacial score (nSPS) is 11.3. The number of aliphatic imine (C=N–C) groups is 1. The van der Waals surface area contributed by atoms with Gasteiger partial charge in [0.05, 0.1) is 12.5 Å². The van der Waals surface area contributed by atoms with E-state index in [1.54, 1.807) is 13.3 Å². The van der Waals surface area contributed by atoms with Crippen molar-refractivity contribution >= 4 is 23.1 Å². The molecule has 0 aliphatic rings. The van der Waals surface area contributed by atoms with Crippen LogP contribution in [-0.2, 0) is 0 Å². The first-order chi connectivity index (χ1) is 18.3. The zero-order valence-electron chi connectivity index (χ0n) is 20.2. The fraction of sp³-hybridized carbons (Fsp3) is 0.0312. The van der Waals surface area contributed by atoms with Crippen LogP contribution >= 0.6 is 0 Å². The maximum absolute atomic E-state index is 6.37. The Hall–Kier alpha value is -5.03. The van der Waals surface area contributed by atoms with Gasteiger partial charge in [-0.1, -0.05) is 84.9 Å². The predicted molar refractivity (Wildman–Crippen MR) is 148 cm³/mol. The van der Waals surface area contributed by atoms with E-state index >= 15 is 0 Å². The average molecular weight is 482 g/mol. The second kappa shape index (κ2) is 9.91. The Labute approximate surface area is 214 Å². The highest BCUT2D eigenvalue weighted by atomic mass is 16.5. The number of furan rings is 1. The van der Waals surface area contributed by atoms with Crippen molar-refractivity contribution in [1.82, 2.24) is 9.97 Å². The monoisotopic (exact) mass is 481 g/mol. The number of aromatic nitrogens is 2. The van der Waals surface area contributed by atoms with E-state index in [1.807, 2.05) is 60.7 Å². The van der Waals surface area contributed by atoms with Gasteiger partial charge in [0, 0.05) is 17.3 Å². The summed E-state index contributed by atoms with van der Waals surface area (Å²) in [5, 5.41) is 0.778. The molecule has 0 aliphatic carbocycles. The van der Waals surface area contributed by atoms with Crippen molar-refractivity contribution in [3.05, 3.63) is 121 Å². The molecule has 5 nitrogen and oxygen atoms in total. The number of hydrogen-bond donors (Lipinski definition) is 0. The van der Waals surface area contributed by atoms with Crippen LogP contribution in [0, 0.1) is 0 Å². The molecule has 0 N–H and O–H groups in total. The van der Waals surface area contributed by atoms with Gasteiger partial charge in [-0.2, -0.15) is 0 Å². The van der Waals surface area contributed by atoms with Crippen molar-refractivity contribution in [2.45, 2.75) is 0 Å². The van der Waals surface area contributed by atoms with Crippen LogP contribution in [0.1, 0.15) is 5.56 Å². The third kappa shape index (κ3) is 4.50. The maximum atomic E-state index is 6.37. The summed E-state index contributed by atoms with van der Waals surface area (Å²) in [5.74, 6) is 2.09. The predicted octanol–water partition coefficient (Wildman–Crippen LogP) is 7.98. The molecule has 0 aliphatic heterocycles. The lowest BCUT2D eigenvalue weighted by atomic mass is 9.97. The van der Waals surface area contributed by atoms with E-state index in [9.17, 15) is 0 Å². The molecule has 6 aromatic rings. The number of nitrogens with zero attached hydrogens (tertiary/aromatic N) is 3. The zero-order chi connectivity index (χ0) is 25.0. The Bertz CT molecular complexity index is 1670. The van der Waals surface area contributed by atoms with Crippen molar-refractivity contribution in [2.24, 2.45) is 4.99 Å².